The van der Waals surface area contributed by atoms with Crippen molar-refractivity contribution in [1.82, 2.24) is 19.8 Å². The maximum absolute atomic E-state index is 12.9. The van der Waals surface area contributed by atoms with Gasteiger partial charge in [0.2, 0.25) is 11.8 Å². The van der Waals surface area contributed by atoms with Crippen molar-refractivity contribution in [3.63, 3.8) is 0 Å². The zero-order valence-corrected chi connectivity index (χ0v) is 14.5. The van der Waals surface area contributed by atoms with Crippen LogP contribution in [0.3, 0.4) is 0 Å². The van der Waals surface area contributed by atoms with Crippen LogP contribution in [0, 0.1) is 13.8 Å². The summed E-state index contributed by atoms with van der Waals surface area (Å²) in [6, 6.07) is -0.259. The third kappa shape index (κ3) is 2.38. The highest BCUT2D eigenvalue weighted by molar-refractivity contribution is 5.85. The van der Waals surface area contributed by atoms with Crippen molar-refractivity contribution < 1.29 is 14.3 Å². The summed E-state index contributed by atoms with van der Waals surface area (Å²) in [5, 5.41) is 0. The van der Waals surface area contributed by atoms with Crippen LogP contribution in [0.1, 0.15) is 36.3 Å². The molecule has 3 aliphatic rings. The Morgan fingerprint density at radius 1 is 1.36 bits per heavy atom. The number of aromatic nitrogens is 2. The first-order valence-electron chi connectivity index (χ1n) is 8.72. The van der Waals surface area contributed by atoms with E-state index >= 15 is 0 Å². The Hall–Kier alpha value is -2.22. The molecule has 0 unspecified atom stereocenters. The van der Waals surface area contributed by atoms with Crippen molar-refractivity contribution >= 4 is 11.8 Å². The standard InChI is InChI=1S/C17H22N4O4/c1-10-12(16(24)19-11(2)18-10)8-14(22)20-6-4-17-13(20)9-15(23)21(17)5-3-7-25-17/h13H,3-9H2,1-2H3,(H,18,19,24)/t13-,17+/m1/s1. The van der Waals surface area contributed by atoms with Crippen molar-refractivity contribution in [2.45, 2.75) is 51.3 Å². The number of hydrogen-bond acceptors (Lipinski definition) is 5. The molecule has 1 aromatic rings. The van der Waals surface area contributed by atoms with Crippen LogP contribution in [0.5, 0.6) is 0 Å². The molecule has 25 heavy (non-hydrogen) atoms. The van der Waals surface area contributed by atoms with E-state index in [0.29, 0.717) is 49.6 Å². The fourth-order valence-corrected chi connectivity index (χ4v) is 4.46. The average molecular weight is 346 g/mol. The topological polar surface area (TPSA) is 95.6 Å². The lowest BCUT2D eigenvalue weighted by Crippen LogP contribution is -2.56. The first-order valence-corrected chi connectivity index (χ1v) is 8.72. The quantitative estimate of drug-likeness (QED) is 0.805. The zero-order chi connectivity index (χ0) is 17.8. The highest BCUT2D eigenvalue weighted by Gasteiger charge is 2.61. The van der Waals surface area contributed by atoms with Crippen molar-refractivity contribution in [1.29, 1.82) is 0 Å². The minimum atomic E-state index is -0.655. The Labute approximate surface area is 145 Å². The first kappa shape index (κ1) is 16.3. The second-order valence-electron chi connectivity index (χ2n) is 7.04. The predicted octanol–water partition coefficient (Wildman–Crippen LogP) is -0.121. The van der Waals surface area contributed by atoms with Crippen LogP contribution in [0.15, 0.2) is 4.79 Å². The van der Waals surface area contributed by atoms with Gasteiger partial charge >= 0.3 is 0 Å². The lowest BCUT2D eigenvalue weighted by molar-refractivity contribution is -0.181. The van der Waals surface area contributed by atoms with Gasteiger partial charge in [-0.15, -0.1) is 0 Å². The summed E-state index contributed by atoms with van der Waals surface area (Å²) >= 11 is 0. The monoisotopic (exact) mass is 346 g/mol. The molecule has 134 valence electrons. The molecule has 0 saturated carbocycles. The predicted molar refractivity (Wildman–Crippen MR) is 87.8 cm³/mol. The Balaban J connectivity index is 1.58. The van der Waals surface area contributed by atoms with E-state index in [2.05, 4.69) is 9.97 Å². The molecule has 3 saturated heterocycles. The number of nitrogens with zero attached hydrogens (tertiary/aromatic N) is 3. The number of carbonyl (C=O) groups is 2. The number of aryl methyl sites for hydroxylation is 2. The fraction of sp³-hybridized carbons (Fsp3) is 0.647. The zero-order valence-electron chi connectivity index (χ0n) is 14.5. The second kappa shape index (κ2) is 5.66. The molecule has 2 amide bonds. The van der Waals surface area contributed by atoms with Crippen LogP contribution in [0.4, 0.5) is 0 Å². The number of carbonyl (C=O) groups excluding carboxylic acids is 2. The summed E-state index contributed by atoms with van der Waals surface area (Å²) in [5.74, 6) is 0.435. The van der Waals surface area contributed by atoms with Crippen LogP contribution in [-0.2, 0) is 20.7 Å². The molecule has 1 spiro atoms. The Kier molecular flexibility index (Phi) is 3.68. The Bertz CT molecular complexity index is 804. The van der Waals surface area contributed by atoms with Crippen LogP contribution in [0.25, 0.3) is 0 Å². The van der Waals surface area contributed by atoms with Gasteiger partial charge in [0, 0.05) is 30.8 Å². The number of aromatic amines is 1. The van der Waals surface area contributed by atoms with Gasteiger partial charge in [0.05, 0.1) is 25.5 Å². The van der Waals surface area contributed by atoms with Crippen LogP contribution >= 0.6 is 0 Å². The molecule has 3 fully saturated rings. The van der Waals surface area contributed by atoms with Gasteiger partial charge in [-0.3, -0.25) is 14.4 Å². The van der Waals surface area contributed by atoms with Gasteiger partial charge in [0.15, 0.2) is 5.72 Å². The lowest BCUT2D eigenvalue weighted by Gasteiger charge is -2.42. The third-order valence-electron chi connectivity index (χ3n) is 5.60. The van der Waals surface area contributed by atoms with E-state index in [1.54, 1.807) is 23.6 Å². The molecular formula is C17H22N4O4. The average Bonchev–Trinajstić information content (AvgIpc) is 3.03. The molecule has 0 radical (unpaired) electrons. The SMILES string of the molecule is Cc1nc(C)c(CC(=O)N2CC[C@@]34OCCCN3C(=O)C[C@@H]24)c(=O)[nH]1. The number of ether oxygens (including phenoxy) is 1. The molecule has 2 atom stereocenters. The van der Waals surface area contributed by atoms with Crippen LogP contribution < -0.4 is 5.56 Å². The normalized spacial score (nSPS) is 28.2. The van der Waals surface area contributed by atoms with Gasteiger partial charge in [0.25, 0.3) is 5.56 Å². The van der Waals surface area contributed by atoms with E-state index in [4.69, 9.17) is 4.74 Å². The number of H-pyrrole nitrogens is 1. The largest absolute Gasteiger partial charge is 0.353 e. The van der Waals surface area contributed by atoms with E-state index in [1.807, 2.05) is 0 Å². The van der Waals surface area contributed by atoms with E-state index in [1.165, 1.54) is 0 Å². The Morgan fingerprint density at radius 3 is 2.92 bits per heavy atom. The highest BCUT2D eigenvalue weighted by Crippen LogP contribution is 2.44. The molecule has 0 aromatic carbocycles. The van der Waals surface area contributed by atoms with Gasteiger partial charge in [-0.2, -0.15) is 0 Å². The van der Waals surface area contributed by atoms with E-state index in [-0.39, 0.29) is 29.8 Å². The Morgan fingerprint density at radius 2 is 2.16 bits per heavy atom. The van der Waals surface area contributed by atoms with E-state index in [9.17, 15) is 14.4 Å². The molecule has 4 heterocycles. The molecule has 0 aliphatic carbocycles. The minimum absolute atomic E-state index is 0.00474. The number of rotatable bonds is 2. The van der Waals surface area contributed by atoms with Crippen molar-refractivity contribution in [2.24, 2.45) is 0 Å². The lowest BCUT2D eigenvalue weighted by atomic mass is 10.0. The molecule has 0 bridgehead atoms. The molecule has 3 aliphatic heterocycles. The maximum atomic E-state index is 12.9. The molecule has 4 rings (SSSR count). The summed E-state index contributed by atoms with van der Waals surface area (Å²) in [7, 11) is 0. The highest BCUT2D eigenvalue weighted by atomic mass is 16.5. The first-order chi connectivity index (χ1) is 11.9. The summed E-state index contributed by atoms with van der Waals surface area (Å²) in [5.41, 5.74) is 0.0342. The maximum Gasteiger partial charge on any atom is 0.254 e. The van der Waals surface area contributed by atoms with E-state index < -0.39 is 5.72 Å². The van der Waals surface area contributed by atoms with Gasteiger partial charge in [-0.05, 0) is 20.3 Å². The molecule has 1 N–H and O–H groups in total. The number of likely N-dealkylation sites (tertiary alicyclic amines) is 1. The van der Waals surface area contributed by atoms with E-state index in [0.717, 1.165) is 6.42 Å². The summed E-state index contributed by atoms with van der Waals surface area (Å²) in [6.07, 6.45) is 1.76. The smallest absolute Gasteiger partial charge is 0.254 e. The van der Waals surface area contributed by atoms with Crippen molar-refractivity contribution in [2.75, 3.05) is 19.7 Å². The van der Waals surface area contributed by atoms with Crippen LogP contribution in [0.2, 0.25) is 0 Å². The van der Waals surface area contributed by atoms with Gasteiger partial charge in [0.1, 0.15) is 5.82 Å². The molecule has 8 nitrogen and oxygen atoms in total. The van der Waals surface area contributed by atoms with Crippen molar-refractivity contribution in [3.05, 3.63) is 27.4 Å². The molecular weight excluding hydrogens is 324 g/mol. The van der Waals surface area contributed by atoms with Gasteiger partial charge in [-0.1, -0.05) is 0 Å². The van der Waals surface area contributed by atoms with Crippen molar-refractivity contribution in [3.8, 4) is 0 Å². The molecule has 1 aromatic heterocycles. The third-order valence-corrected chi connectivity index (χ3v) is 5.60. The van der Waals surface area contributed by atoms with Gasteiger partial charge < -0.3 is 19.5 Å². The molecule has 8 heteroatoms. The minimum Gasteiger partial charge on any atom is -0.353 e. The number of nitrogens with one attached hydrogen (secondary N) is 1. The van der Waals surface area contributed by atoms with Gasteiger partial charge in [-0.25, -0.2) is 4.98 Å². The number of hydrogen-bond donors (Lipinski definition) is 1. The second-order valence-corrected chi connectivity index (χ2v) is 7.04. The summed E-state index contributed by atoms with van der Waals surface area (Å²) in [4.78, 5) is 47.8. The summed E-state index contributed by atoms with van der Waals surface area (Å²) in [6.45, 7) is 5.30. The summed E-state index contributed by atoms with van der Waals surface area (Å²) < 4.78 is 6.01. The fourth-order valence-electron chi connectivity index (χ4n) is 4.46. The van der Waals surface area contributed by atoms with Crippen LogP contribution in [-0.4, -0.2) is 63.0 Å². The number of amides is 2.